The zero-order valence-corrected chi connectivity index (χ0v) is 7.73. The van der Waals surface area contributed by atoms with Crippen molar-refractivity contribution in [2.75, 3.05) is 0 Å². The summed E-state index contributed by atoms with van der Waals surface area (Å²) in [6.45, 7) is 8.71. The third kappa shape index (κ3) is 1.86. The van der Waals surface area contributed by atoms with Crippen LogP contribution < -0.4 is 0 Å². The van der Waals surface area contributed by atoms with Gasteiger partial charge < -0.3 is 4.98 Å². The molecule has 0 saturated carbocycles. The summed E-state index contributed by atoms with van der Waals surface area (Å²) in [5.74, 6) is 1.14. The summed E-state index contributed by atoms with van der Waals surface area (Å²) in [6, 6.07) is 5.29. The Morgan fingerprint density at radius 2 is 1.82 bits per heavy atom. The highest BCUT2D eigenvalue weighted by Crippen LogP contribution is 2.17. The maximum atomic E-state index is 3.36. The summed E-state index contributed by atoms with van der Waals surface area (Å²) in [7, 11) is 0. The second-order valence-electron chi connectivity index (χ2n) is 3.59. The van der Waals surface area contributed by atoms with Gasteiger partial charge in [0, 0.05) is 17.5 Å². The van der Waals surface area contributed by atoms with E-state index >= 15 is 0 Å². The van der Waals surface area contributed by atoms with Gasteiger partial charge in [-0.2, -0.15) is 0 Å². The van der Waals surface area contributed by atoms with Crippen molar-refractivity contribution in [3.05, 3.63) is 23.5 Å². The van der Waals surface area contributed by atoms with Crippen LogP contribution in [0.25, 0.3) is 0 Å². The van der Waals surface area contributed by atoms with E-state index < -0.39 is 0 Å². The summed E-state index contributed by atoms with van der Waals surface area (Å²) in [5, 5.41) is 0. The third-order valence-corrected chi connectivity index (χ3v) is 1.86. The van der Waals surface area contributed by atoms with E-state index in [0.29, 0.717) is 11.8 Å². The highest BCUT2D eigenvalue weighted by molar-refractivity contribution is 5.16. The predicted molar refractivity (Wildman–Crippen MR) is 47.8 cm³/mol. The molecule has 0 spiro atoms. The van der Waals surface area contributed by atoms with Crippen LogP contribution in [0.15, 0.2) is 6.07 Å². The smallest absolute Gasteiger partial charge is 0.0255 e. The molecule has 0 aromatic carbocycles. The summed E-state index contributed by atoms with van der Waals surface area (Å²) < 4.78 is 0. The van der Waals surface area contributed by atoms with Crippen LogP contribution >= 0.6 is 0 Å². The topological polar surface area (TPSA) is 15.8 Å². The lowest BCUT2D eigenvalue weighted by atomic mass is 10.1. The maximum Gasteiger partial charge on any atom is 0.0255 e. The summed E-state index contributed by atoms with van der Waals surface area (Å²) >= 11 is 0. The number of nitrogens with one attached hydrogen (secondary N) is 1. The van der Waals surface area contributed by atoms with E-state index in [1.54, 1.807) is 0 Å². The van der Waals surface area contributed by atoms with Gasteiger partial charge in [0.1, 0.15) is 0 Å². The van der Waals surface area contributed by atoms with Gasteiger partial charge in [-0.1, -0.05) is 27.7 Å². The number of rotatable bonds is 2. The molecule has 1 N–H and O–H groups in total. The summed E-state index contributed by atoms with van der Waals surface area (Å²) in [5.41, 5.74) is 2.50. The van der Waals surface area contributed by atoms with E-state index in [2.05, 4.69) is 44.8 Å². The van der Waals surface area contributed by atoms with Gasteiger partial charge >= 0.3 is 0 Å². The minimum absolute atomic E-state index is 0.558. The SMILES string of the molecule is CC(C)c1[c]cc(C(C)C)[nH]1. The van der Waals surface area contributed by atoms with Crippen molar-refractivity contribution in [2.24, 2.45) is 0 Å². The van der Waals surface area contributed by atoms with Crippen molar-refractivity contribution < 1.29 is 0 Å². The van der Waals surface area contributed by atoms with Gasteiger partial charge in [0.2, 0.25) is 0 Å². The largest absolute Gasteiger partial charge is 0.361 e. The number of aromatic amines is 1. The Morgan fingerprint density at radius 3 is 2.09 bits per heavy atom. The normalized spacial score (nSPS) is 11.5. The monoisotopic (exact) mass is 150 g/mol. The van der Waals surface area contributed by atoms with Crippen molar-refractivity contribution in [2.45, 2.75) is 39.5 Å². The van der Waals surface area contributed by atoms with Gasteiger partial charge in [0.25, 0.3) is 0 Å². The van der Waals surface area contributed by atoms with Crippen LogP contribution in [0, 0.1) is 6.07 Å². The summed E-state index contributed by atoms with van der Waals surface area (Å²) in [4.78, 5) is 3.36. The maximum absolute atomic E-state index is 3.36. The molecule has 0 aliphatic rings. The standard InChI is InChI=1S/C10H16N/c1-7(2)9-5-6-10(11-9)8(3)4/h5,7-8,11H,1-4H3. The highest BCUT2D eigenvalue weighted by atomic mass is 14.7. The van der Waals surface area contributed by atoms with Crippen molar-refractivity contribution in [1.29, 1.82) is 0 Å². The Balaban J connectivity index is 2.82. The number of H-pyrrole nitrogens is 1. The van der Waals surface area contributed by atoms with E-state index in [1.807, 2.05) is 0 Å². The minimum atomic E-state index is 0.558. The molecule has 1 aromatic rings. The van der Waals surface area contributed by atoms with Gasteiger partial charge in [-0.3, -0.25) is 0 Å². The average Bonchev–Trinajstić information content (AvgIpc) is 2.33. The Labute approximate surface area is 68.8 Å². The van der Waals surface area contributed by atoms with Crippen LogP contribution in [0.4, 0.5) is 0 Å². The molecule has 1 rings (SSSR count). The average molecular weight is 150 g/mol. The van der Waals surface area contributed by atoms with E-state index in [9.17, 15) is 0 Å². The Hall–Kier alpha value is -0.720. The first kappa shape index (κ1) is 8.38. The molecular weight excluding hydrogens is 134 g/mol. The van der Waals surface area contributed by atoms with Crippen LogP contribution in [0.2, 0.25) is 0 Å². The van der Waals surface area contributed by atoms with Gasteiger partial charge in [-0.25, -0.2) is 0 Å². The number of hydrogen-bond donors (Lipinski definition) is 1. The van der Waals surface area contributed by atoms with Gasteiger partial charge in [-0.15, -0.1) is 0 Å². The number of aromatic nitrogens is 1. The molecule has 0 unspecified atom stereocenters. The van der Waals surface area contributed by atoms with Crippen molar-refractivity contribution in [3.63, 3.8) is 0 Å². The van der Waals surface area contributed by atoms with Crippen LogP contribution in [-0.4, -0.2) is 4.98 Å². The molecule has 1 nitrogen and oxygen atoms in total. The van der Waals surface area contributed by atoms with Crippen LogP contribution in [-0.2, 0) is 0 Å². The first-order chi connectivity index (χ1) is 5.11. The molecular formula is C10H16N. The van der Waals surface area contributed by atoms with Gasteiger partial charge in [0.05, 0.1) is 0 Å². The molecule has 1 aromatic heterocycles. The minimum Gasteiger partial charge on any atom is -0.361 e. The second kappa shape index (κ2) is 3.12. The van der Waals surface area contributed by atoms with Gasteiger partial charge in [0.15, 0.2) is 0 Å². The van der Waals surface area contributed by atoms with Crippen molar-refractivity contribution in [1.82, 2.24) is 4.98 Å². The lowest BCUT2D eigenvalue weighted by molar-refractivity contribution is 0.786. The first-order valence-electron chi connectivity index (χ1n) is 4.21. The molecule has 1 heteroatoms. The molecule has 11 heavy (non-hydrogen) atoms. The van der Waals surface area contributed by atoms with Gasteiger partial charge in [-0.05, 0) is 17.9 Å². The fraction of sp³-hybridized carbons (Fsp3) is 0.600. The van der Waals surface area contributed by atoms with E-state index in [4.69, 9.17) is 0 Å². The fourth-order valence-corrected chi connectivity index (χ4v) is 1.01. The summed E-state index contributed by atoms with van der Waals surface area (Å²) in [6.07, 6.45) is 0. The molecule has 0 saturated heterocycles. The molecule has 1 radical (unpaired) electrons. The first-order valence-corrected chi connectivity index (χ1v) is 4.21. The van der Waals surface area contributed by atoms with Crippen molar-refractivity contribution >= 4 is 0 Å². The zero-order valence-electron chi connectivity index (χ0n) is 7.73. The molecule has 0 amide bonds. The molecule has 0 fully saturated rings. The van der Waals surface area contributed by atoms with E-state index in [-0.39, 0.29) is 0 Å². The van der Waals surface area contributed by atoms with Crippen LogP contribution in [0.3, 0.4) is 0 Å². The lowest BCUT2D eigenvalue weighted by Gasteiger charge is -2.02. The molecule has 0 atom stereocenters. The van der Waals surface area contributed by atoms with E-state index in [0.717, 1.165) is 0 Å². The fourth-order valence-electron chi connectivity index (χ4n) is 1.01. The lowest BCUT2D eigenvalue weighted by Crippen LogP contribution is -1.90. The Morgan fingerprint density at radius 1 is 1.18 bits per heavy atom. The molecule has 61 valence electrons. The molecule has 0 bridgehead atoms. The Kier molecular flexibility index (Phi) is 2.38. The quantitative estimate of drug-likeness (QED) is 0.667. The predicted octanol–water partition coefficient (Wildman–Crippen LogP) is 3.06. The van der Waals surface area contributed by atoms with E-state index in [1.165, 1.54) is 11.4 Å². The zero-order chi connectivity index (χ0) is 8.43. The third-order valence-electron chi connectivity index (χ3n) is 1.86. The van der Waals surface area contributed by atoms with Crippen molar-refractivity contribution in [3.8, 4) is 0 Å². The molecule has 1 heterocycles. The Bertz CT molecular complexity index is 198. The second-order valence-corrected chi connectivity index (χ2v) is 3.59. The van der Waals surface area contributed by atoms with Crippen LogP contribution in [0.1, 0.15) is 50.9 Å². The highest BCUT2D eigenvalue weighted by Gasteiger charge is 2.04. The molecule has 0 aliphatic carbocycles. The number of hydrogen-bond acceptors (Lipinski definition) is 0. The molecule has 0 aliphatic heterocycles. The van der Waals surface area contributed by atoms with Crippen LogP contribution in [0.5, 0.6) is 0 Å².